The molecule has 3 aliphatic rings. The van der Waals surface area contributed by atoms with Gasteiger partial charge in [0.15, 0.2) is 5.78 Å². The summed E-state index contributed by atoms with van der Waals surface area (Å²) >= 11 is 0. The van der Waals surface area contributed by atoms with E-state index in [4.69, 9.17) is 4.74 Å². The van der Waals surface area contributed by atoms with Crippen LogP contribution in [0.4, 0.5) is 0 Å². The molecule has 6 nitrogen and oxygen atoms in total. The predicted octanol–water partition coefficient (Wildman–Crippen LogP) is 3.62. The zero-order valence-corrected chi connectivity index (χ0v) is 20.5. The molecule has 1 fully saturated rings. The first-order valence-electron chi connectivity index (χ1n) is 12.4. The summed E-state index contributed by atoms with van der Waals surface area (Å²) in [5, 5.41) is 22.4. The van der Waals surface area contributed by atoms with Crippen molar-refractivity contribution in [3.63, 3.8) is 0 Å². The minimum atomic E-state index is -1.43. The fourth-order valence-electron chi connectivity index (χ4n) is 6.74. The predicted molar refractivity (Wildman–Crippen MR) is 127 cm³/mol. The molecule has 0 aromatic heterocycles. The van der Waals surface area contributed by atoms with E-state index >= 15 is 0 Å². The van der Waals surface area contributed by atoms with Gasteiger partial charge < -0.3 is 14.9 Å². The lowest BCUT2D eigenvalue weighted by Crippen LogP contribution is -2.67. The second-order valence-corrected chi connectivity index (χ2v) is 10.9. The Kier molecular flexibility index (Phi) is 6.60. The number of ether oxygens (including phenoxy) is 1. The number of rotatable bonds is 7. The number of carbonyl (C=O) groups is 3. The van der Waals surface area contributed by atoms with Crippen LogP contribution in [0.25, 0.3) is 0 Å². The Morgan fingerprint density at radius 1 is 1.32 bits per heavy atom. The SMILES string of the molecule is CC(=O)C(C)CC(OC=O)C(C)c1ccc2c(c1)CCC1C2CC(O)C2(O)CC=CC(=O)C12C. The van der Waals surface area contributed by atoms with Crippen molar-refractivity contribution < 1.29 is 29.3 Å². The van der Waals surface area contributed by atoms with Crippen molar-refractivity contribution in [3.05, 3.63) is 47.0 Å². The van der Waals surface area contributed by atoms with Gasteiger partial charge in [-0.1, -0.05) is 38.1 Å². The number of ketones is 2. The summed E-state index contributed by atoms with van der Waals surface area (Å²) in [6, 6.07) is 6.26. The number of aliphatic hydroxyl groups excluding tert-OH is 1. The molecule has 6 heteroatoms. The lowest BCUT2D eigenvalue weighted by molar-refractivity contribution is -0.207. The molecule has 8 unspecified atom stereocenters. The lowest BCUT2D eigenvalue weighted by atomic mass is 9.47. The first-order valence-corrected chi connectivity index (χ1v) is 12.4. The van der Waals surface area contributed by atoms with Crippen LogP contribution in [0.5, 0.6) is 0 Å². The molecule has 1 aromatic carbocycles. The van der Waals surface area contributed by atoms with Crippen LogP contribution in [-0.2, 0) is 25.5 Å². The topological polar surface area (TPSA) is 101 Å². The quantitative estimate of drug-likeness (QED) is 0.593. The summed E-state index contributed by atoms with van der Waals surface area (Å²) in [6.45, 7) is 7.69. The van der Waals surface area contributed by atoms with Crippen LogP contribution in [0.2, 0.25) is 0 Å². The van der Waals surface area contributed by atoms with Gasteiger partial charge in [-0.3, -0.25) is 14.4 Å². The van der Waals surface area contributed by atoms with E-state index in [2.05, 4.69) is 12.1 Å². The highest BCUT2D eigenvalue weighted by Crippen LogP contribution is 2.60. The number of allylic oxidation sites excluding steroid dienone is 1. The van der Waals surface area contributed by atoms with Gasteiger partial charge in [-0.15, -0.1) is 0 Å². The van der Waals surface area contributed by atoms with Crippen LogP contribution < -0.4 is 0 Å². The summed E-state index contributed by atoms with van der Waals surface area (Å²) in [4.78, 5) is 36.0. The van der Waals surface area contributed by atoms with Gasteiger partial charge in [-0.05, 0) is 80.6 Å². The minimum absolute atomic E-state index is 0.0106. The monoisotopic (exact) mass is 468 g/mol. The second kappa shape index (κ2) is 9.04. The summed E-state index contributed by atoms with van der Waals surface area (Å²) in [5.41, 5.74) is 0.894. The number of hydrogen-bond donors (Lipinski definition) is 2. The molecule has 8 atom stereocenters. The number of hydrogen-bond acceptors (Lipinski definition) is 6. The molecule has 0 amide bonds. The standard InChI is InChI=1S/C28H36O6/c1-16(18(3)30)12-24(34-15-29)17(2)19-7-9-21-20(13-19)8-10-23-22(21)14-26(32)28(33)11-5-6-25(31)27(23,28)4/h5-7,9,13,15-17,22-24,26,32-33H,8,10-12,14H2,1-4H3. The van der Waals surface area contributed by atoms with E-state index in [-0.39, 0.29) is 35.2 Å². The van der Waals surface area contributed by atoms with Crippen LogP contribution in [0.1, 0.15) is 81.9 Å². The fourth-order valence-corrected chi connectivity index (χ4v) is 6.74. The molecule has 0 spiro atoms. The average molecular weight is 469 g/mol. The van der Waals surface area contributed by atoms with Crippen molar-refractivity contribution in [1.29, 1.82) is 0 Å². The van der Waals surface area contributed by atoms with Gasteiger partial charge in [0.05, 0.1) is 11.5 Å². The van der Waals surface area contributed by atoms with Crippen molar-refractivity contribution in [3.8, 4) is 0 Å². The van der Waals surface area contributed by atoms with E-state index in [1.54, 1.807) is 19.1 Å². The molecule has 2 N–H and O–H groups in total. The van der Waals surface area contributed by atoms with Gasteiger partial charge in [-0.25, -0.2) is 0 Å². The molecular formula is C28H36O6. The Bertz CT molecular complexity index is 1010. The van der Waals surface area contributed by atoms with Crippen LogP contribution in [-0.4, -0.2) is 46.1 Å². The van der Waals surface area contributed by atoms with E-state index in [0.717, 1.165) is 24.0 Å². The number of aryl methyl sites for hydroxylation is 1. The Labute approximate surface area is 201 Å². The van der Waals surface area contributed by atoms with Crippen LogP contribution in [0.15, 0.2) is 30.4 Å². The zero-order chi connectivity index (χ0) is 24.8. The minimum Gasteiger partial charge on any atom is -0.464 e. The Morgan fingerprint density at radius 3 is 2.74 bits per heavy atom. The first-order chi connectivity index (χ1) is 16.0. The van der Waals surface area contributed by atoms with Gasteiger partial charge in [0.2, 0.25) is 0 Å². The molecule has 184 valence electrons. The summed E-state index contributed by atoms with van der Waals surface area (Å²) in [7, 11) is 0. The van der Waals surface area contributed by atoms with Crippen molar-refractivity contribution >= 4 is 18.0 Å². The van der Waals surface area contributed by atoms with E-state index in [0.29, 0.717) is 25.7 Å². The van der Waals surface area contributed by atoms with Crippen molar-refractivity contribution in [1.82, 2.24) is 0 Å². The number of aliphatic hydroxyl groups is 2. The lowest BCUT2D eigenvalue weighted by Gasteiger charge is -2.59. The van der Waals surface area contributed by atoms with E-state index in [9.17, 15) is 24.6 Å². The maximum Gasteiger partial charge on any atom is 0.293 e. The number of benzene rings is 1. The van der Waals surface area contributed by atoms with Gasteiger partial charge >= 0.3 is 0 Å². The van der Waals surface area contributed by atoms with E-state index < -0.39 is 23.2 Å². The van der Waals surface area contributed by atoms with E-state index in [1.807, 2.05) is 26.8 Å². The number of Topliss-reactive ketones (excluding diaryl/α,β-unsaturated/α-hetero) is 1. The van der Waals surface area contributed by atoms with Crippen LogP contribution >= 0.6 is 0 Å². The van der Waals surface area contributed by atoms with Gasteiger partial charge in [-0.2, -0.15) is 0 Å². The number of carbonyl (C=O) groups excluding carboxylic acids is 3. The van der Waals surface area contributed by atoms with Gasteiger partial charge in [0.25, 0.3) is 6.47 Å². The highest BCUT2D eigenvalue weighted by atomic mass is 16.5. The van der Waals surface area contributed by atoms with Crippen LogP contribution in [0.3, 0.4) is 0 Å². The molecule has 0 radical (unpaired) electrons. The molecule has 4 rings (SSSR count). The molecule has 0 bridgehead atoms. The molecule has 0 aliphatic heterocycles. The second-order valence-electron chi connectivity index (χ2n) is 10.9. The Balaban J connectivity index is 1.64. The summed E-state index contributed by atoms with van der Waals surface area (Å²) in [5.74, 6) is -0.368. The molecule has 0 saturated heterocycles. The molecule has 0 heterocycles. The molecule has 1 aromatic rings. The molecule has 34 heavy (non-hydrogen) atoms. The molecule has 3 aliphatic carbocycles. The van der Waals surface area contributed by atoms with Gasteiger partial charge in [0.1, 0.15) is 17.5 Å². The maximum absolute atomic E-state index is 13.1. The zero-order valence-electron chi connectivity index (χ0n) is 20.5. The summed E-state index contributed by atoms with van der Waals surface area (Å²) in [6.07, 6.45) is 4.60. The third-order valence-electron chi connectivity index (χ3n) is 9.25. The average Bonchev–Trinajstić information content (AvgIpc) is 2.80. The Morgan fingerprint density at radius 2 is 2.06 bits per heavy atom. The van der Waals surface area contributed by atoms with Gasteiger partial charge in [0, 0.05) is 11.8 Å². The van der Waals surface area contributed by atoms with Crippen molar-refractivity contribution in [2.75, 3.05) is 0 Å². The third-order valence-corrected chi connectivity index (χ3v) is 9.25. The fraction of sp³-hybridized carbons (Fsp3) is 0.607. The number of fused-ring (bicyclic) bond motifs is 5. The van der Waals surface area contributed by atoms with E-state index in [1.165, 1.54) is 5.56 Å². The Hall–Kier alpha value is -2.31. The normalized spacial score (nSPS) is 34.8. The van der Waals surface area contributed by atoms with Crippen molar-refractivity contribution in [2.24, 2.45) is 17.3 Å². The maximum atomic E-state index is 13.1. The summed E-state index contributed by atoms with van der Waals surface area (Å²) < 4.78 is 5.38. The third kappa shape index (κ3) is 3.75. The first kappa shape index (κ1) is 24.8. The van der Waals surface area contributed by atoms with Crippen LogP contribution in [0, 0.1) is 17.3 Å². The highest BCUT2D eigenvalue weighted by molar-refractivity contribution is 5.97. The largest absolute Gasteiger partial charge is 0.464 e. The van der Waals surface area contributed by atoms with Crippen molar-refractivity contribution in [2.45, 2.75) is 89.4 Å². The molecule has 1 saturated carbocycles. The smallest absolute Gasteiger partial charge is 0.293 e. The highest BCUT2D eigenvalue weighted by Gasteiger charge is 2.65. The molecular weight excluding hydrogens is 432 g/mol.